The Labute approximate surface area is 84.3 Å². The zero-order chi connectivity index (χ0) is 9.97. The molecule has 0 fully saturated rings. The highest BCUT2D eigenvalue weighted by molar-refractivity contribution is 6.28. The third-order valence-corrected chi connectivity index (χ3v) is 1.71. The summed E-state index contributed by atoms with van der Waals surface area (Å²) in [7, 11) is 1.52. The summed E-state index contributed by atoms with van der Waals surface area (Å²) in [4.78, 5) is 3.89. The van der Waals surface area contributed by atoms with Crippen molar-refractivity contribution < 1.29 is 4.74 Å². The zero-order valence-electron chi connectivity index (χ0n) is 7.23. The van der Waals surface area contributed by atoms with Crippen molar-refractivity contribution in [3.63, 3.8) is 0 Å². The first-order valence-corrected chi connectivity index (χ1v) is 4.13. The van der Waals surface area contributed by atoms with E-state index in [-0.39, 0.29) is 5.28 Å². The topological polar surface area (TPSA) is 76.6 Å². The second-order valence-electron chi connectivity index (χ2n) is 2.41. The van der Waals surface area contributed by atoms with Crippen LogP contribution in [0.1, 0.15) is 0 Å². The van der Waals surface area contributed by atoms with Gasteiger partial charge in [0.15, 0.2) is 0 Å². The Hall–Kier alpha value is -1.69. The first-order chi connectivity index (χ1) is 6.79. The highest BCUT2D eigenvalue weighted by atomic mass is 35.5. The minimum Gasteiger partial charge on any atom is -0.480 e. The smallest absolute Gasteiger partial charge is 0.233 e. The molecule has 7 heteroatoms. The van der Waals surface area contributed by atoms with Crippen LogP contribution in [0.25, 0.3) is 11.5 Å². The molecule has 0 unspecified atom stereocenters. The number of nitrogens with zero attached hydrogens (tertiary/aromatic N) is 4. The summed E-state index contributed by atoms with van der Waals surface area (Å²) < 4.78 is 4.86. The molecule has 0 spiro atoms. The molecular weight excluding hydrogens is 206 g/mol. The van der Waals surface area contributed by atoms with Crippen LogP contribution in [-0.2, 0) is 0 Å². The molecule has 0 atom stereocenters. The van der Waals surface area contributed by atoms with E-state index < -0.39 is 0 Å². The van der Waals surface area contributed by atoms with Gasteiger partial charge in [-0.25, -0.2) is 5.10 Å². The Morgan fingerprint density at radius 3 is 2.71 bits per heavy atom. The fourth-order valence-corrected chi connectivity index (χ4v) is 1.03. The van der Waals surface area contributed by atoms with Crippen LogP contribution in [0.2, 0.25) is 5.28 Å². The number of aromatic nitrogens is 5. The number of hydrogen-bond donors (Lipinski definition) is 1. The Bertz CT molecular complexity index is 426. The summed E-state index contributed by atoms with van der Waals surface area (Å²) in [6.45, 7) is 0. The standard InChI is InChI=1S/C7H6ClN5O/c1-14-5-3-2-4(10-11-5)6-9-7(8)13-12-6/h2-3H,1H3,(H,9,12,13). The number of rotatable bonds is 2. The Morgan fingerprint density at radius 1 is 1.36 bits per heavy atom. The van der Waals surface area contributed by atoms with Crippen molar-refractivity contribution in [2.24, 2.45) is 0 Å². The molecule has 2 aromatic heterocycles. The van der Waals surface area contributed by atoms with Gasteiger partial charge in [-0.15, -0.1) is 10.2 Å². The molecule has 0 saturated carbocycles. The lowest BCUT2D eigenvalue weighted by molar-refractivity contribution is 0.392. The van der Waals surface area contributed by atoms with E-state index in [2.05, 4.69) is 25.4 Å². The lowest BCUT2D eigenvalue weighted by Crippen LogP contribution is -1.92. The molecule has 1 N–H and O–H groups in total. The summed E-state index contributed by atoms with van der Waals surface area (Å²) >= 11 is 5.57. The first kappa shape index (κ1) is 8.89. The van der Waals surface area contributed by atoms with E-state index in [0.29, 0.717) is 17.4 Å². The summed E-state index contributed by atoms with van der Waals surface area (Å²) in [6.07, 6.45) is 0. The second kappa shape index (κ2) is 3.59. The number of ether oxygens (including phenoxy) is 1. The molecule has 0 bridgehead atoms. The van der Waals surface area contributed by atoms with Gasteiger partial charge in [0.2, 0.25) is 17.0 Å². The lowest BCUT2D eigenvalue weighted by atomic mass is 10.4. The fourth-order valence-electron chi connectivity index (χ4n) is 0.905. The number of halogens is 1. The van der Waals surface area contributed by atoms with Crippen LogP contribution >= 0.6 is 11.6 Å². The van der Waals surface area contributed by atoms with Crippen LogP contribution in [-0.4, -0.2) is 32.5 Å². The Morgan fingerprint density at radius 2 is 2.21 bits per heavy atom. The van der Waals surface area contributed by atoms with Crippen LogP contribution in [0.5, 0.6) is 5.88 Å². The van der Waals surface area contributed by atoms with Crippen LogP contribution in [0, 0.1) is 0 Å². The molecular formula is C7H6ClN5O. The fraction of sp³-hybridized carbons (Fsp3) is 0.143. The number of nitrogens with one attached hydrogen (secondary N) is 1. The summed E-state index contributed by atoms with van der Waals surface area (Å²) in [5, 5.41) is 14.2. The average Bonchev–Trinajstić information content (AvgIpc) is 2.65. The molecule has 0 saturated heterocycles. The lowest BCUT2D eigenvalue weighted by Gasteiger charge is -1.96. The number of H-pyrrole nitrogens is 1. The van der Waals surface area contributed by atoms with E-state index >= 15 is 0 Å². The molecule has 6 nitrogen and oxygen atoms in total. The third kappa shape index (κ3) is 1.64. The molecule has 2 rings (SSSR count). The zero-order valence-corrected chi connectivity index (χ0v) is 7.99. The quantitative estimate of drug-likeness (QED) is 0.800. The van der Waals surface area contributed by atoms with Crippen LogP contribution in [0.4, 0.5) is 0 Å². The molecule has 0 amide bonds. The normalized spacial score (nSPS) is 10.1. The highest BCUT2D eigenvalue weighted by Crippen LogP contribution is 2.14. The van der Waals surface area contributed by atoms with E-state index in [0.717, 1.165) is 0 Å². The van der Waals surface area contributed by atoms with Crippen molar-refractivity contribution in [1.82, 2.24) is 25.4 Å². The minimum atomic E-state index is 0.220. The second-order valence-corrected chi connectivity index (χ2v) is 2.77. The van der Waals surface area contributed by atoms with Gasteiger partial charge in [-0.2, -0.15) is 10.1 Å². The monoisotopic (exact) mass is 211 g/mol. The predicted octanol–water partition coefficient (Wildman–Crippen LogP) is 0.924. The highest BCUT2D eigenvalue weighted by Gasteiger charge is 2.06. The molecule has 2 heterocycles. The molecule has 0 aliphatic heterocycles. The molecule has 14 heavy (non-hydrogen) atoms. The Kier molecular flexibility index (Phi) is 2.28. The van der Waals surface area contributed by atoms with Crippen molar-refractivity contribution in [2.45, 2.75) is 0 Å². The van der Waals surface area contributed by atoms with Crippen LogP contribution < -0.4 is 4.74 Å². The van der Waals surface area contributed by atoms with E-state index in [1.165, 1.54) is 7.11 Å². The van der Waals surface area contributed by atoms with Gasteiger partial charge >= 0.3 is 0 Å². The average molecular weight is 212 g/mol. The SMILES string of the molecule is COc1ccc(-c2n[nH]c(Cl)n2)nn1. The maximum Gasteiger partial charge on any atom is 0.233 e. The van der Waals surface area contributed by atoms with Crippen molar-refractivity contribution >= 4 is 11.6 Å². The minimum absolute atomic E-state index is 0.220. The van der Waals surface area contributed by atoms with Gasteiger partial charge in [-0.1, -0.05) is 0 Å². The van der Waals surface area contributed by atoms with E-state index in [1.54, 1.807) is 12.1 Å². The molecule has 0 aliphatic rings. The maximum absolute atomic E-state index is 5.57. The van der Waals surface area contributed by atoms with Crippen molar-refractivity contribution in [2.75, 3.05) is 7.11 Å². The Balaban J connectivity index is 2.33. The summed E-state index contributed by atoms with van der Waals surface area (Å²) in [5.74, 6) is 0.848. The van der Waals surface area contributed by atoms with Gasteiger partial charge in [0, 0.05) is 6.07 Å². The van der Waals surface area contributed by atoms with E-state index in [4.69, 9.17) is 16.3 Å². The molecule has 0 aromatic carbocycles. The molecule has 2 aromatic rings. The van der Waals surface area contributed by atoms with E-state index in [9.17, 15) is 0 Å². The van der Waals surface area contributed by atoms with Gasteiger partial charge in [0.05, 0.1) is 7.11 Å². The van der Waals surface area contributed by atoms with Gasteiger partial charge < -0.3 is 4.74 Å². The van der Waals surface area contributed by atoms with Gasteiger partial charge in [-0.05, 0) is 17.7 Å². The van der Waals surface area contributed by atoms with Crippen molar-refractivity contribution in [3.05, 3.63) is 17.4 Å². The van der Waals surface area contributed by atoms with Crippen molar-refractivity contribution in [1.29, 1.82) is 0 Å². The maximum atomic E-state index is 5.57. The summed E-state index contributed by atoms with van der Waals surface area (Å²) in [5.41, 5.74) is 0.536. The van der Waals surface area contributed by atoms with Gasteiger partial charge in [-0.3, -0.25) is 0 Å². The van der Waals surface area contributed by atoms with Crippen LogP contribution in [0.15, 0.2) is 12.1 Å². The van der Waals surface area contributed by atoms with Gasteiger partial charge in [0.25, 0.3) is 0 Å². The molecule has 0 radical (unpaired) electrons. The molecule has 72 valence electrons. The van der Waals surface area contributed by atoms with E-state index in [1.807, 2.05) is 0 Å². The van der Waals surface area contributed by atoms with Crippen LogP contribution in [0.3, 0.4) is 0 Å². The van der Waals surface area contributed by atoms with Crippen molar-refractivity contribution in [3.8, 4) is 17.4 Å². The van der Waals surface area contributed by atoms with Gasteiger partial charge in [0.1, 0.15) is 5.69 Å². The third-order valence-electron chi connectivity index (χ3n) is 1.54. The number of methoxy groups -OCH3 is 1. The number of hydrogen-bond acceptors (Lipinski definition) is 5. The molecule has 0 aliphatic carbocycles. The largest absolute Gasteiger partial charge is 0.480 e. The summed E-state index contributed by atoms with van der Waals surface area (Å²) in [6, 6.07) is 3.37. The predicted molar refractivity (Wildman–Crippen MR) is 49.0 cm³/mol. The first-order valence-electron chi connectivity index (χ1n) is 3.75. The number of aromatic amines is 1.